The van der Waals surface area contributed by atoms with Gasteiger partial charge in [0.1, 0.15) is 12.4 Å². The number of hydrogen-bond acceptors (Lipinski definition) is 4. The Labute approximate surface area is 89.6 Å². The highest BCUT2D eigenvalue weighted by molar-refractivity contribution is 6.58. The molecule has 1 aromatic rings. The second kappa shape index (κ2) is 6.45. The van der Waals surface area contributed by atoms with Crippen LogP contribution in [-0.4, -0.2) is 37.0 Å². The molecule has 0 aromatic heterocycles. The summed E-state index contributed by atoms with van der Waals surface area (Å²) >= 11 is 0. The highest BCUT2D eigenvalue weighted by Gasteiger charge is 2.10. The van der Waals surface area contributed by atoms with E-state index in [-0.39, 0.29) is 0 Å². The van der Waals surface area contributed by atoms with Gasteiger partial charge in [0.25, 0.3) is 0 Å². The summed E-state index contributed by atoms with van der Waals surface area (Å²) in [5.74, 6) is 0.611. The lowest BCUT2D eigenvalue weighted by Crippen LogP contribution is -2.29. The summed E-state index contributed by atoms with van der Waals surface area (Å²) in [5, 5.41) is 17.9. The maximum absolute atomic E-state index is 8.93. The average Bonchev–Trinajstić information content (AvgIpc) is 2.25. The largest absolute Gasteiger partial charge is 0.491 e. The van der Waals surface area contributed by atoms with Crippen molar-refractivity contribution < 1.29 is 19.5 Å². The molecule has 0 heterocycles. The molecule has 0 atom stereocenters. The first kappa shape index (κ1) is 12.0. The summed E-state index contributed by atoms with van der Waals surface area (Å²) in [6.45, 7) is 3.57. The summed E-state index contributed by atoms with van der Waals surface area (Å²) in [7, 11) is -1.46. The van der Waals surface area contributed by atoms with Crippen LogP contribution in [0.25, 0.3) is 0 Å². The first-order valence-corrected chi connectivity index (χ1v) is 4.90. The molecule has 0 amide bonds. The molecule has 82 valence electrons. The summed E-state index contributed by atoms with van der Waals surface area (Å²) in [6, 6.07) is 6.69. The second-order valence-electron chi connectivity index (χ2n) is 2.99. The van der Waals surface area contributed by atoms with E-state index in [2.05, 4.69) is 0 Å². The summed E-state index contributed by atoms with van der Waals surface area (Å²) in [4.78, 5) is 0. The van der Waals surface area contributed by atoms with Gasteiger partial charge in [-0.05, 0) is 24.5 Å². The van der Waals surface area contributed by atoms with E-state index in [0.29, 0.717) is 31.0 Å². The second-order valence-corrected chi connectivity index (χ2v) is 2.99. The van der Waals surface area contributed by atoms with E-state index in [9.17, 15) is 0 Å². The number of hydrogen-bond donors (Lipinski definition) is 2. The molecule has 4 nitrogen and oxygen atoms in total. The first-order chi connectivity index (χ1) is 7.24. The van der Waals surface area contributed by atoms with Crippen LogP contribution < -0.4 is 10.2 Å². The summed E-state index contributed by atoms with van der Waals surface area (Å²) in [6.07, 6.45) is 0. The Kier molecular flexibility index (Phi) is 5.17. The molecule has 0 saturated carbocycles. The van der Waals surface area contributed by atoms with E-state index in [4.69, 9.17) is 19.5 Å². The van der Waals surface area contributed by atoms with Crippen LogP contribution in [0, 0.1) is 0 Å². The van der Waals surface area contributed by atoms with Gasteiger partial charge in [-0.25, -0.2) is 0 Å². The third kappa shape index (κ3) is 4.33. The Balaban J connectivity index is 2.43. The SMILES string of the molecule is CCOCCOc1cccc(B(O)O)c1. The lowest BCUT2D eigenvalue weighted by molar-refractivity contribution is 0.110. The molecule has 5 heteroatoms. The molecule has 0 aliphatic rings. The van der Waals surface area contributed by atoms with Crippen molar-refractivity contribution in [2.75, 3.05) is 19.8 Å². The molecular weight excluding hydrogens is 195 g/mol. The molecule has 2 N–H and O–H groups in total. The highest BCUT2D eigenvalue weighted by atomic mass is 16.5. The van der Waals surface area contributed by atoms with Crippen LogP contribution in [0.5, 0.6) is 5.75 Å². The van der Waals surface area contributed by atoms with Gasteiger partial charge >= 0.3 is 7.12 Å². The zero-order valence-electron chi connectivity index (χ0n) is 8.72. The lowest BCUT2D eigenvalue weighted by Gasteiger charge is -2.07. The van der Waals surface area contributed by atoms with Crippen LogP contribution >= 0.6 is 0 Å². The molecule has 0 fully saturated rings. The zero-order chi connectivity index (χ0) is 11.1. The van der Waals surface area contributed by atoms with Crippen molar-refractivity contribution >= 4 is 12.6 Å². The lowest BCUT2D eigenvalue weighted by atomic mass is 9.80. The third-order valence-electron chi connectivity index (χ3n) is 1.86. The molecule has 0 spiro atoms. The minimum Gasteiger partial charge on any atom is -0.491 e. The van der Waals surface area contributed by atoms with Crippen molar-refractivity contribution in [3.05, 3.63) is 24.3 Å². The van der Waals surface area contributed by atoms with Crippen molar-refractivity contribution in [1.82, 2.24) is 0 Å². The van der Waals surface area contributed by atoms with Crippen LogP contribution in [0.4, 0.5) is 0 Å². The summed E-state index contributed by atoms with van der Waals surface area (Å²) < 4.78 is 10.5. The normalized spacial score (nSPS) is 10.1. The zero-order valence-corrected chi connectivity index (χ0v) is 8.72. The standard InChI is InChI=1S/C10H15BO4/c1-2-14-6-7-15-10-5-3-4-9(8-10)11(12)13/h3-5,8,12-13H,2,6-7H2,1H3. The molecule has 0 bridgehead atoms. The van der Waals surface area contributed by atoms with E-state index in [0.717, 1.165) is 0 Å². The predicted molar refractivity (Wildman–Crippen MR) is 58.3 cm³/mol. The van der Waals surface area contributed by atoms with Crippen LogP contribution in [0.15, 0.2) is 24.3 Å². The summed E-state index contributed by atoms with van der Waals surface area (Å²) in [5.41, 5.74) is 0.420. The van der Waals surface area contributed by atoms with E-state index < -0.39 is 7.12 Å². The smallest absolute Gasteiger partial charge is 0.488 e. The first-order valence-electron chi connectivity index (χ1n) is 4.90. The van der Waals surface area contributed by atoms with Gasteiger partial charge in [0.2, 0.25) is 0 Å². The fourth-order valence-electron chi connectivity index (χ4n) is 1.13. The number of rotatable bonds is 6. The Morgan fingerprint density at radius 1 is 1.27 bits per heavy atom. The molecule has 0 radical (unpaired) electrons. The molecular formula is C10H15BO4. The van der Waals surface area contributed by atoms with Crippen LogP contribution in [0.3, 0.4) is 0 Å². The fourth-order valence-corrected chi connectivity index (χ4v) is 1.13. The molecule has 0 unspecified atom stereocenters. The Bertz CT molecular complexity index is 291. The average molecular weight is 210 g/mol. The third-order valence-corrected chi connectivity index (χ3v) is 1.86. The Hall–Kier alpha value is -1.04. The van der Waals surface area contributed by atoms with Crippen LogP contribution in [0.1, 0.15) is 6.92 Å². The number of benzene rings is 1. The molecule has 0 aliphatic heterocycles. The van der Waals surface area contributed by atoms with Crippen molar-refractivity contribution in [3.8, 4) is 5.75 Å². The van der Waals surface area contributed by atoms with Gasteiger partial charge in [-0.2, -0.15) is 0 Å². The molecule has 1 rings (SSSR count). The maximum atomic E-state index is 8.93. The van der Waals surface area contributed by atoms with Crippen molar-refractivity contribution in [1.29, 1.82) is 0 Å². The minimum atomic E-state index is -1.46. The topological polar surface area (TPSA) is 58.9 Å². The van der Waals surface area contributed by atoms with Gasteiger partial charge in [-0.3, -0.25) is 0 Å². The Morgan fingerprint density at radius 3 is 2.73 bits per heavy atom. The van der Waals surface area contributed by atoms with E-state index in [1.165, 1.54) is 0 Å². The van der Waals surface area contributed by atoms with E-state index in [1.54, 1.807) is 24.3 Å². The minimum absolute atomic E-state index is 0.420. The maximum Gasteiger partial charge on any atom is 0.488 e. The number of ether oxygens (including phenoxy) is 2. The van der Waals surface area contributed by atoms with Crippen molar-refractivity contribution in [2.24, 2.45) is 0 Å². The van der Waals surface area contributed by atoms with Gasteiger partial charge in [0.05, 0.1) is 6.61 Å². The van der Waals surface area contributed by atoms with Crippen LogP contribution in [-0.2, 0) is 4.74 Å². The van der Waals surface area contributed by atoms with E-state index >= 15 is 0 Å². The van der Waals surface area contributed by atoms with Gasteiger partial charge < -0.3 is 19.5 Å². The van der Waals surface area contributed by atoms with Gasteiger partial charge in [-0.1, -0.05) is 12.1 Å². The quantitative estimate of drug-likeness (QED) is 0.503. The van der Waals surface area contributed by atoms with Crippen molar-refractivity contribution in [3.63, 3.8) is 0 Å². The fraction of sp³-hybridized carbons (Fsp3) is 0.400. The van der Waals surface area contributed by atoms with E-state index in [1.807, 2.05) is 6.92 Å². The van der Waals surface area contributed by atoms with Crippen LogP contribution in [0.2, 0.25) is 0 Å². The monoisotopic (exact) mass is 210 g/mol. The van der Waals surface area contributed by atoms with Gasteiger partial charge in [0.15, 0.2) is 0 Å². The van der Waals surface area contributed by atoms with Gasteiger partial charge in [0, 0.05) is 6.61 Å². The molecule has 15 heavy (non-hydrogen) atoms. The molecule has 1 aromatic carbocycles. The molecule has 0 saturated heterocycles. The molecule has 0 aliphatic carbocycles. The predicted octanol–water partition coefficient (Wildman–Crippen LogP) is -0.218. The highest BCUT2D eigenvalue weighted by Crippen LogP contribution is 2.07. The Morgan fingerprint density at radius 2 is 2.07 bits per heavy atom. The van der Waals surface area contributed by atoms with Crippen molar-refractivity contribution in [2.45, 2.75) is 6.92 Å². The van der Waals surface area contributed by atoms with Gasteiger partial charge in [-0.15, -0.1) is 0 Å².